The number of amides is 2. The van der Waals surface area contributed by atoms with Crippen molar-refractivity contribution in [1.29, 1.82) is 0 Å². The molecule has 1 heterocycles. The number of carbonyl (C=O) groups excluding carboxylic acids is 2. The van der Waals surface area contributed by atoms with Crippen molar-refractivity contribution in [2.24, 2.45) is 0 Å². The van der Waals surface area contributed by atoms with Gasteiger partial charge in [-0.15, -0.1) is 0 Å². The summed E-state index contributed by atoms with van der Waals surface area (Å²) in [5.41, 5.74) is 0.250. The smallest absolute Gasteiger partial charge is 0.252 e. The van der Waals surface area contributed by atoms with Gasteiger partial charge in [-0.3, -0.25) is 14.6 Å². The van der Waals surface area contributed by atoms with Crippen molar-refractivity contribution in [3.8, 4) is 5.75 Å². The largest absolute Gasteiger partial charge is 0.506 e. The fourth-order valence-corrected chi connectivity index (χ4v) is 1.32. The predicted molar refractivity (Wildman–Crippen MR) is 67.7 cm³/mol. The van der Waals surface area contributed by atoms with E-state index in [4.69, 9.17) is 4.74 Å². The van der Waals surface area contributed by atoms with Crippen LogP contribution in [-0.2, 0) is 9.53 Å². The monoisotopic (exact) mass is 267 g/mol. The maximum atomic E-state index is 11.6. The van der Waals surface area contributed by atoms with Gasteiger partial charge in [-0.25, -0.2) is 0 Å². The van der Waals surface area contributed by atoms with Crippen LogP contribution in [0.3, 0.4) is 0 Å². The minimum absolute atomic E-state index is 0.0787. The van der Waals surface area contributed by atoms with Crippen molar-refractivity contribution >= 4 is 11.8 Å². The number of methoxy groups -OCH3 is 1. The summed E-state index contributed by atoms with van der Waals surface area (Å²) < 4.78 is 4.79. The molecule has 0 aliphatic heterocycles. The Labute approximate surface area is 111 Å². The van der Waals surface area contributed by atoms with Crippen LogP contribution in [0.25, 0.3) is 0 Å². The van der Waals surface area contributed by atoms with Gasteiger partial charge in [0.05, 0.1) is 18.4 Å². The lowest BCUT2D eigenvalue weighted by molar-refractivity contribution is -0.121. The number of pyridine rings is 1. The van der Waals surface area contributed by atoms with E-state index in [1.54, 1.807) is 7.11 Å². The Bertz CT molecular complexity index is 437. The van der Waals surface area contributed by atoms with E-state index in [1.807, 2.05) is 0 Å². The summed E-state index contributed by atoms with van der Waals surface area (Å²) in [5.74, 6) is -0.621. The predicted octanol–water partition coefficient (Wildman–Crippen LogP) is -0.330. The number of rotatable bonds is 7. The van der Waals surface area contributed by atoms with E-state index < -0.39 is 0 Å². The van der Waals surface area contributed by atoms with Crippen molar-refractivity contribution in [3.05, 3.63) is 24.0 Å². The number of ether oxygens (including phenoxy) is 1. The first-order valence-corrected chi connectivity index (χ1v) is 5.81. The fourth-order valence-electron chi connectivity index (χ4n) is 1.32. The number of aromatic nitrogens is 1. The van der Waals surface area contributed by atoms with Crippen LogP contribution in [0.2, 0.25) is 0 Å². The van der Waals surface area contributed by atoms with Gasteiger partial charge >= 0.3 is 0 Å². The minimum Gasteiger partial charge on any atom is -0.506 e. The summed E-state index contributed by atoms with van der Waals surface area (Å²) in [6, 6.07) is 1.31. The molecule has 0 aliphatic rings. The summed E-state index contributed by atoms with van der Waals surface area (Å²) in [6.45, 7) is 1.11. The Morgan fingerprint density at radius 1 is 1.32 bits per heavy atom. The highest BCUT2D eigenvalue weighted by molar-refractivity contribution is 5.94. The molecule has 7 nitrogen and oxygen atoms in total. The van der Waals surface area contributed by atoms with Crippen LogP contribution >= 0.6 is 0 Å². The molecule has 0 unspecified atom stereocenters. The van der Waals surface area contributed by atoms with Crippen LogP contribution in [0.1, 0.15) is 16.8 Å². The van der Waals surface area contributed by atoms with Gasteiger partial charge in [-0.1, -0.05) is 0 Å². The van der Waals surface area contributed by atoms with Gasteiger partial charge in [-0.2, -0.15) is 0 Å². The molecule has 1 aromatic rings. The summed E-state index contributed by atoms with van der Waals surface area (Å²) in [7, 11) is 1.55. The van der Waals surface area contributed by atoms with Crippen molar-refractivity contribution in [2.75, 3.05) is 26.8 Å². The molecule has 2 amide bonds. The van der Waals surface area contributed by atoms with E-state index in [0.29, 0.717) is 13.2 Å². The Balaban J connectivity index is 2.25. The lowest BCUT2D eigenvalue weighted by Gasteiger charge is -2.06. The van der Waals surface area contributed by atoms with Crippen LogP contribution in [0, 0.1) is 0 Å². The van der Waals surface area contributed by atoms with Gasteiger partial charge in [0.1, 0.15) is 5.75 Å². The van der Waals surface area contributed by atoms with Crippen LogP contribution in [0.5, 0.6) is 5.75 Å². The van der Waals surface area contributed by atoms with Gasteiger partial charge in [0.15, 0.2) is 0 Å². The molecule has 0 spiro atoms. The number of carbonyl (C=O) groups is 2. The average Bonchev–Trinajstić information content (AvgIpc) is 2.39. The maximum absolute atomic E-state index is 11.6. The van der Waals surface area contributed by atoms with Crippen LogP contribution in [-0.4, -0.2) is 48.7 Å². The Kier molecular flexibility index (Phi) is 6.31. The molecular weight excluding hydrogens is 250 g/mol. The summed E-state index contributed by atoms with van der Waals surface area (Å²) in [4.78, 5) is 26.6. The second-order valence-electron chi connectivity index (χ2n) is 3.78. The molecule has 7 heteroatoms. The van der Waals surface area contributed by atoms with Crippen molar-refractivity contribution in [3.63, 3.8) is 0 Å². The molecule has 19 heavy (non-hydrogen) atoms. The standard InChI is InChI=1S/C12H17N3O4/c1-19-5-4-14-11(17)2-3-15-12(18)9-6-10(16)8-13-7-9/h6-8,16H,2-5H2,1H3,(H,14,17)(H,15,18). The third-order valence-electron chi connectivity index (χ3n) is 2.25. The van der Waals surface area contributed by atoms with Crippen LogP contribution in [0.15, 0.2) is 18.5 Å². The Morgan fingerprint density at radius 2 is 2.11 bits per heavy atom. The van der Waals surface area contributed by atoms with E-state index in [2.05, 4.69) is 15.6 Å². The molecule has 3 N–H and O–H groups in total. The summed E-state index contributed by atoms with van der Waals surface area (Å²) in [6.07, 6.45) is 2.76. The van der Waals surface area contributed by atoms with Crippen molar-refractivity contribution < 1.29 is 19.4 Å². The lowest BCUT2D eigenvalue weighted by Crippen LogP contribution is -2.32. The quantitative estimate of drug-likeness (QED) is 0.587. The molecule has 0 aromatic carbocycles. The van der Waals surface area contributed by atoms with Crippen molar-refractivity contribution in [1.82, 2.24) is 15.6 Å². The highest BCUT2D eigenvalue weighted by atomic mass is 16.5. The molecule has 0 radical (unpaired) electrons. The molecule has 0 aliphatic carbocycles. The number of aromatic hydroxyl groups is 1. The molecule has 0 saturated heterocycles. The zero-order valence-corrected chi connectivity index (χ0v) is 10.7. The van der Waals surface area contributed by atoms with Gasteiger partial charge in [0.2, 0.25) is 5.91 Å². The van der Waals surface area contributed by atoms with E-state index in [0.717, 1.165) is 0 Å². The third kappa shape index (κ3) is 5.82. The zero-order chi connectivity index (χ0) is 14.1. The van der Waals surface area contributed by atoms with Crippen molar-refractivity contribution in [2.45, 2.75) is 6.42 Å². The molecule has 0 saturated carbocycles. The van der Waals surface area contributed by atoms with E-state index in [1.165, 1.54) is 18.5 Å². The lowest BCUT2D eigenvalue weighted by atomic mass is 10.2. The normalized spacial score (nSPS) is 9.95. The average molecular weight is 267 g/mol. The number of nitrogens with one attached hydrogen (secondary N) is 2. The number of hydrogen-bond acceptors (Lipinski definition) is 5. The number of nitrogens with zero attached hydrogens (tertiary/aromatic N) is 1. The molecule has 0 fully saturated rings. The first kappa shape index (κ1) is 14.9. The molecule has 0 bridgehead atoms. The zero-order valence-electron chi connectivity index (χ0n) is 10.7. The molecule has 1 rings (SSSR count). The Hall–Kier alpha value is -2.15. The second-order valence-corrected chi connectivity index (χ2v) is 3.78. The first-order chi connectivity index (χ1) is 9.13. The molecule has 1 aromatic heterocycles. The van der Waals surface area contributed by atoms with Gasteiger partial charge in [-0.05, 0) is 6.07 Å². The van der Waals surface area contributed by atoms with E-state index in [-0.39, 0.29) is 36.1 Å². The van der Waals surface area contributed by atoms with Gasteiger partial charge in [0, 0.05) is 32.8 Å². The molecule has 104 valence electrons. The highest BCUT2D eigenvalue weighted by Gasteiger charge is 2.07. The fraction of sp³-hybridized carbons (Fsp3) is 0.417. The van der Waals surface area contributed by atoms with Gasteiger partial charge < -0.3 is 20.5 Å². The number of hydrogen-bond donors (Lipinski definition) is 3. The Morgan fingerprint density at radius 3 is 2.79 bits per heavy atom. The first-order valence-electron chi connectivity index (χ1n) is 5.81. The van der Waals surface area contributed by atoms with E-state index >= 15 is 0 Å². The van der Waals surface area contributed by atoms with Crippen LogP contribution < -0.4 is 10.6 Å². The third-order valence-corrected chi connectivity index (χ3v) is 2.25. The maximum Gasteiger partial charge on any atom is 0.252 e. The summed E-state index contributed by atoms with van der Waals surface area (Å²) >= 11 is 0. The van der Waals surface area contributed by atoms with Crippen LogP contribution in [0.4, 0.5) is 0 Å². The van der Waals surface area contributed by atoms with E-state index in [9.17, 15) is 14.7 Å². The molecular formula is C12H17N3O4. The SMILES string of the molecule is COCCNC(=O)CCNC(=O)c1cncc(O)c1. The molecule has 0 atom stereocenters. The minimum atomic E-state index is -0.381. The summed E-state index contributed by atoms with van der Waals surface area (Å²) in [5, 5.41) is 14.4. The topological polar surface area (TPSA) is 101 Å². The van der Waals surface area contributed by atoms with Gasteiger partial charge in [0.25, 0.3) is 5.91 Å². The highest BCUT2D eigenvalue weighted by Crippen LogP contribution is 2.07. The second kappa shape index (κ2) is 8.04.